The molecule has 0 aromatic heterocycles. The van der Waals surface area contributed by atoms with Crippen LogP contribution >= 0.6 is 0 Å². The SMILES string of the molecule is CCN1CCC[C@H]1CNC(=O)C12CC3CC(CC(C3)C1)C2. The maximum atomic E-state index is 12.9. The van der Waals surface area contributed by atoms with Crippen molar-refractivity contribution >= 4 is 5.91 Å². The second-order valence-corrected chi connectivity index (χ2v) is 8.33. The average Bonchev–Trinajstić information content (AvgIpc) is 2.90. The molecule has 0 radical (unpaired) electrons. The van der Waals surface area contributed by atoms with Crippen molar-refractivity contribution in [2.75, 3.05) is 19.6 Å². The Labute approximate surface area is 128 Å². The first-order valence-electron chi connectivity index (χ1n) is 9.21. The first kappa shape index (κ1) is 14.0. The lowest BCUT2D eigenvalue weighted by Gasteiger charge is -2.55. The predicted octanol–water partition coefficient (Wildman–Crippen LogP) is 2.80. The van der Waals surface area contributed by atoms with Gasteiger partial charge in [-0.05, 0) is 82.2 Å². The van der Waals surface area contributed by atoms with Crippen molar-refractivity contribution in [3.05, 3.63) is 0 Å². The highest BCUT2D eigenvalue weighted by Gasteiger charge is 2.54. The largest absolute Gasteiger partial charge is 0.354 e. The van der Waals surface area contributed by atoms with Crippen LogP contribution in [0.3, 0.4) is 0 Å². The monoisotopic (exact) mass is 290 g/mol. The van der Waals surface area contributed by atoms with E-state index in [9.17, 15) is 4.79 Å². The van der Waals surface area contributed by atoms with E-state index in [2.05, 4.69) is 17.1 Å². The molecule has 0 spiro atoms. The van der Waals surface area contributed by atoms with Crippen molar-refractivity contribution in [2.45, 2.75) is 64.3 Å². The lowest BCUT2D eigenvalue weighted by atomic mass is 9.49. The van der Waals surface area contributed by atoms with Gasteiger partial charge in [-0.15, -0.1) is 0 Å². The fourth-order valence-electron chi connectivity index (χ4n) is 6.33. The van der Waals surface area contributed by atoms with E-state index in [0.29, 0.717) is 11.9 Å². The number of carbonyl (C=O) groups is 1. The summed E-state index contributed by atoms with van der Waals surface area (Å²) in [6, 6.07) is 0.591. The summed E-state index contributed by atoms with van der Waals surface area (Å²) < 4.78 is 0. The summed E-state index contributed by atoms with van der Waals surface area (Å²) in [5.41, 5.74) is 0.0321. The molecule has 21 heavy (non-hydrogen) atoms. The second-order valence-electron chi connectivity index (χ2n) is 8.33. The van der Waals surface area contributed by atoms with Crippen LogP contribution in [0.5, 0.6) is 0 Å². The van der Waals surface area contributed by atoms with Gasteiger partial charge in [0, 0.05) is 18.0 Å². The molecule has 0 aromatic carbocycles. The maximum Gasteiger partial charge on any atom is 0.226 e. The number of amides is 1. The van der Waals surface area contributed by atoms with E-state index in [0.717, 1.165) is 30.8 Å². The van der Waals surface area contributed by atoms with Crippen molar-refractivity contribution < 1.29 is 4.79 Å². The van der Waals surface area contributed by atoms with Gasteiger partial charge in [0.15, 0.2) is 0 Å². The summed E-state index contributed by atoms with van der Waals surface area (Å²) in [5.74, 6) is 2.99. The Morgan fingerprint density at radius 3 is 2.33 bits per heavy atom. The molecule has 0 aromatic rings. The van der Waals surface area contributed by atoms with Gasteiger partial charge in [-0.25, -0.2) is 0 Å². The molecule has 1 N–H and O–H groups in total. The molecule has 118 valence electrons. The fourth-order valence-corrected chi connectivity index (χ4v) is 6.33. The van der Waals surface area contributed by atoms with E-state index < -0.39 is 0 Å². The number of hydrogen-bond acceptors (Lipinski definition) is 2. The quantitative estimate of drug-likeness (QED) is 0.863. The predicted molar refractivity (Wildman–Crippen MR) is 83.9 cm³/mol. The molecule has 3 heteroatoms. The Hall–Kier alpha value is -0.570. The zero-order chi connectivity index (χ0) is 14.4. The highest BCUT2D eigenvalue weighted by Crippen LogP contribution is 2.60. The second kappa shape index (κ2) is 5.26. The summed E-state index contributed by atoms with van der Waals surface area (Å²) in [7, 11) is 0. The van der Waals surface area contributed by atoms with Gasteiger partial charge in [0.25, 0.3) is 0 Å². The third kappa shape index (κ3) is 2.42. The highest BCUT2D eigenvalue weighted by atomic mass is 16.2. The molecule has 5 aliphatic rings. The van der Waals surface area contributed by atoms with Crippen molar-refractivity contribution in [1.29, 1.82) is 0 Å². The molecule has 4 saturated carbocycles. The van der Waals surface area contributed by atoms with Crippen LogP contribution in [0.2, 0.25) is 0 Å². The molecule has 1 amide bonds. The molecule has 5 rings (SSSR count). The maximum absolute atomic E-state index is 12.9. The van der Waals surface area contributed by atoms with Crippen LogP contribution in [-0.2, 0) is 4.79 Å². The van der Waals surface area contributed by atoms with Crippen molar-refractivity contribution in [2.24, 2.45) is 23.2 Å². The summed E-state index contributed by atoms with van der Waals surface area (Å²) in [6.07, 6.45) is 10.4. The standard InChI is InChI=1S/C18H30N2O/c1-2-20-5-3-4-16(20)12-19-17(21)18-9-13-6-14(10-18)8-15(7-13)11-18/h13-16H,2-12H2,1H3,(H,19,21)/t13?,14?,15?,16-,18?/m0/s1. The molecule has 1 aliphatic heterocycles. The minimum atomic E-state index is 0.0321. The average molecular weight is 290 g/mol. The molecular formula is C18H30N2O. The third-order valence-electron chi connectivity index (χ3n) is 6.92. The Morgan fingerprint density at radius 1 is 1.14 bits per heavy atom. The Morgan fingerprint density at radius 2 is 1.76 bits per heavy atom. The summed E-state index contributed by atoms with van der Waals surface area (Å²) in [4.78, 5) is 15.4. The number of likely N-dealkylation sites (N-methyl/N-ethyl adjacent to an activating group) is 1. The van der Waals surface area contributed by atoms with Crippen LogP contribution in [0, 0.1) is 23.2 Å². The number of nitrogens with one attached hydrogen (secondary N) is 1. The lowest BCUT2D eigenvalue weighted by Crippen LogP contribution is -2.54. The Kier molecular flexibility index (Phi) is 3.52. The minimum Gasteiger partial charge on any atom is -0.354 e. The van der Waals surface area contributed by atoms with Gasteiger partial charge in [-0.3, -0.25) is 9.69 Å². The van der Waals surface area contributed by atoms with Gasteiger partial charge >= 0.3 is 0 Å². The van der Waals surface area contributed by atoms with E-state index >= 15 is 0 Å². The fraction of sp³-hybridized carbons (Fsp3) is 0.944. The molecule has 1 heterocycles. The third-order valence-corrected chi connectivity index (χ3v) is 6.92. The zero-order valence-electron chi connectivity index (χ0n) is 13.4. The molecular weight excluding hydrogens is 260 g/mol. The number of likely N-dealkylation sites (tertiary alicyclic amines) is 1. The van der Waals surface area contributed by atoms with Crippen LogP contribution < -0.4 is 5.32 Å². The topological polar surface area (TPSA) is 32.3 Å². The van der Waals surface area contributed by atoms with Crippen LogP contribution in [0.15, 0.2) is 0 Å². The highest BCUT2D eigenvalue weighted by molar-refractivity contribution is 5.83. The van der Waals surface area contributed by atoms with Crippen molar-refractivity contribution in [3.63, 3.8) is 0 Å². The first-order chi connectivity index (χ1) is 10.2. The Bertz CT molecular complexity index is 384. The van der Waals surface area contributed by atoms with Crippen LogP contribution in [-0.4, -0.2) is 36.5 Å². The van der Waals surface area contributed by atoms with Gasteiger partial charge in [0.1, 0.15) is 0 Å². The number of hydrogen-bond donors (Lipinski definition) is 1. The molecule has 1 saturated heterocycles. The summed E-state index contributed by atoms with van der Waals surface area (Å²) >= 11 is 0. The normalized spacial score (nSPS) is 45.2. The van der Waals surface area contributed by atoms with E-state index in [1.54, 1.807) is 0 Å². The minimum absolute atomic E-state index is 0.0321. The molecule has 4 aliphatic carbocycles. The number of rotatable bonds is 4. The smallest absolute Gasteiger partial charge is 0.226 e. The first-order valence-corrected chi connectivity index (χ1v) is 9.21. The van der Waals surface area contributed by atoms with E-state index in [1.165, 1.54) is 57.9 Å². The van der Waals surface area contributed by atoms with Gasteiger partial charge in [0.2, 0.25) is 5.91 Å². The van der Waals surface area contributed by atoms with Crippen molar-refractivity contribution in [3.8, 4) is 0 Å². The lowest BCUT2D eigenvalue weighted by molar-refractivity contribution is -0.146. The molecule has 3 nitrogen and oxygen atoms in total. The van der Waals surface area contributed by atoms with E-state index in [4.69, 9.17) is 0 Å². The number of nitrogens with zero attached hydrogens (tertiary/aromatic N) is 1. The van der Waals surface area contributed by atoms with Gasteiger partial charge in [-0.2, -0.15) is 0 Å². The van der Waals surface area contributed by atoms with Crippen LogP contribution in [0.4, 0.5) is 0 Å². The van der Waals surface area contributed by atoms with Gasteiger partial charge < -0.3 is 5.32 Å². The van der Waals surface area contributed by atoms with E-state index in [-0.39, 0.29) is 5.41 Å². The summed E-state index contributed by atoms with van der Waals surface area (Å²) in [5, 5.41) is 3.37. The van der Waals surface area contributed by atoms with Gasteiger partial charge in [0.05, 0.1) is 0 Å². The number of carbonyl (C=O) groups excluding carboxylic acids is 1. The van der Waals surface area contributed by atoms with Crippen molar-refractivity contribution in [1.82, 2.24) is 10.2 Å². The van der Waals surface area contributed by atoms with E-state index in [1.807, 2.05) is 0 Å². The molecule has 0 unspecified atom stereocenters. The van der Waals surface area contributed by atoms with Gasteiger partial charge in [-0.1, -0.05) is 6.92 Å². The van der Waals surface area contributed by atoms with Crippen LogP contribution in [0.25, 0.3) is 0 Å². The molecule has 4 bridgehead atoms. The molecule has 1 atom stereocenters. The molecule has 5 fully saturated rings. The zero-order valence-corrected chi connectivity index (χ0v) is 13.4. The Balaban J connectivity index is 1.39. The summed E-state index contributed by atoms with van der Waals surface area (Å²) in [6.45, 7) is 5.46. The van der Waals surface area contributed by atoms with Crippen LogP contribution in [0.1, 0.15) is 58.3 Å².